The lowest BCUT2D eigenvalue weighted by Gasteiger charge is -2.39. The van der Waals surface area contributed by atoms with Crippen molar-refractivity contribution in [3.05, 3.63) is 23.9 Å². The summed E-state index contributed by atoms with van der Waals surface area (Å²) in [6.07, 6.45) is 7.71. The number of hydrogen-bond donors (Lipinski definition) is 2. The van der Waals surface area contributed by atoms with Crippen LogP contribution in [0.2, 0.25) is 0 Å². The molecule has 1 aromatic heterocycles. The van der Waals surface area contributed by atoms with Crippen LogP contribution < -0.4 is 11.3 Å². The number of hydrogen-bond acceptors (Lipinski definition) is 4. The van der Waals surface area contributed by atoms with Crippen molar-refractivity contribution in [2.24, 2.45) is 11.3 Å². The Hall–Kier alpha value is -1.62. The zero-order valence-electron chi connectivity index (χ0n) is 11.8. The number of aromatic nitrogens is 1. The third kappa shape index (κ3) is 2.50. The first-order chi connectivity index (χ1) is 9.72. The summed E-state index contributed by atoms with van der Waals surface area (Å²) < 4.78 is 0. The van der Waals surface area contributed by atoms with Gasteiger partial charge in [-0.2, -0.15) is 0 Å². The van der Waals surface area contributed by atoms with Gasteiger partial charge in [-0.25, -0.2) is 10.8 Å². The van der Waals surface area contributed by atoms with Crippen molar-refractivity contribution in [2.75, 3.05) is 18.5 Å². The highest BCUT2D eigenvalue weighted by atomic mass is 16.2. The van der Waals surface area contributed by atoms with Gasteiger partial charge in [-0.3, -0.25) is 4.79 Å². The Bertz CT molecular complexity index is 486. The van der Waals surface area contributed by atoms with Crippen LogP contribution in [-0.4, -0.2) is 28.9 Å². The first-order valence-electron chi connectivity index (χ1n) is 7.45. The minimum absolute atomic E-state index is 0.0231. The number of hydrazine groups is 1. The molecule has 1 saturated carbocycles. The van der Waals surface area contributed by atoms with Crippen LogP contribution in [0.25, 0.3) is 0 Å². The van der Waals surface area contributed by atoms with Crippen molar-refractivity contribution in [2.45, 2.75) is 38.5 Å². The van der Waals surface area contributed by atoms with E-state index in [0.29, 0.717) is 16.9 Å². The van der Waals surface area contributed by atoms with E-state index >= 15 is 0 Å². The van der Waals surface area contributed by atoms with Crippen molar-refractivity contribution in [3.63, 3.8) is 0 Å². The van der Waals surface area contributed by atoms with Gasteiger partial charge in [-0.05, 0) is 43.2 Å². The molecule has 20 heavy (non-hydrogen) atoms. The molecule has 0 aromatic carbocycles. The van der Waals surface area contributed by atoms with E-state index in [1.54, 1.807) is 18.2 Å². The van der Waals surface area contributed by atoms with Crippen LogP contribution in [0.15, 0.2) is 18.2 Å². The molecule has 1 aliphatic carbocycles. The quantitative estimate of drug-likeness (QED) is 0.640. The first-order valence-corrected chi connectivity index (χ1v) is 7.45. The van der Waals surface area contributed by atoms with Crippen molar-refractivity contribution < 1.29 is 4.79 Å². The minimum atomic E-state index is 0.0231. The Kier molecular flexibility index (Phi) is 3.61. The van der Waals surface area contributed by atoms with E-state index in [1.807, 2.05) is 4.90 Å². The van der Waals surface area contributed by atoms with Gasteiger partial charge >= 0.3 is 0 Å². The number of nitrogen functional groups attached to an aromatic ring is 1. The van der Waals surface area contributed by atoms with Gasteiger partial charge in [0.05, 0.1) is 0 Å². The normalized spacial score (nSPS) is 21.1. The summed E-state index contributed by atoms with van der Waals surface area (Å²) in [4.78, 5) is 18.6. The van der Waals surface area contributed by atoms with Crippen LogP contribution >= 0.6 is 0 Å². The fraction of sp³-hybridized carbons (Fsp3) is 0.600. The molecular weight excluding hydrogens is 252 g/mol. The Morgan fingerprint density at radius 2 is 1.90 bits per heavy atom. The second kappa shape index (κ2) is 5.40. The molecule has 2 fully saturated rings. The number of carbonyl (C=O) groups is 1. The van der Waals surface area contributed by atoms with Crippen LogP contribution in [-0.2, 0) is 0 Å². The van der Waals surface area contributed by atoms with Gasteiger partial charge in [0, 0.05) is 13.1 Å². The predicted octanol–water partition coefficient (Wildman–Crippen LogP) is 2.16. The van der Waals surface area contributed by atoms with E-state index in [1.165, 1.54) is 25.7 Å². The highest BCUT2D eigenvalue weighted by molar-refractivity contribution is 5.92. The van der Waals surface area contributed by atoms with Crippen LogP contribution in [0.1, 0.15) is 49.0 Å². The zero-order chi connectivity index (χ0) is 14.0. The molecule has 3 N–H and O–H groups in total. The van der Waals surface area contributed by atoms with E-state index in [0.717, 1.165) is 25.9 Å². The monoisotopic (exact) mass is 274 g/mol. The molecule has 108 valence electrons. The third-order valence-corrected chi connectivity index (χ3v) is 4.89. The van der Waals surface area contributed by atoms with Crippen LogP contribution in [0.3, 0.4) is 0 Å². The predicted molar refractivity (Wildman–Crippen MR) is 78.1 cm³/mol. The lowest BCUT2D eigenvalue weighted by Crippen LogP contribution is -2.42. The number of nitrogens with one attached hydrogen (secondary N) is 1. The average Bonchev–Trinajstić information content (AvgIpc) is 2.96. The molecular formula is C15H22N4O. The van der Waals surface area contributed by atoms with Gasteiger partial charge in [0.2, 0.25) is 0 Å². The smallest absolute Gasteiger partial charge is 0.272 e. The fourth-order valence-electron chi connectivity index (χ4n) is 3.61. The van der Waals surface area contributed by atoms with Gasteiger partial charge in [0.1, 0.15) is 11.5 Å². The van der Waals surface area contributed by atoms with Gasteiger partial charge in [0.25, 0.3) is 5.91 Å². The van der Waals surface area contributed by atoms with Crippen LogP contribution in [0.5, 0.6) is 0 Å². The number of pyridine rings is 1. The molecule has 5 heteroatoms. The number of rotatable bonds is 2. The van der Waals surface area contributed by atoms with Gasteiger partial charge < -0.3 is 10.3 Å². The van der Waals surface area contributed by atoms with E-state index in [9.17, 15) is 4.79 Å². The van der Waals surface area contributed by atoms with Gasteiger partial charge in [0.15, 0.2) is 0 Å². The third-order valence-electron chi connectivity index (χ3n) is 4.89. The zero-order valence-corrected chi connectivity index (χ0v) is 11.8. The average molecular weight is 274 g/mol. The molecule has 1 aliphatic heterocycles. The van der Waals surface area contributed by atoms with Crippen molar-refractivity contribution in [1.82, 2.24) is 9.88 Å². The highest BCUT2D eigenvalue weighted by Gasteiger charge is 2.38. The van der Waals surface area contributed by atoms with Gasteiger partial charge in [-0.15, -0.1) is 0 Å². The summed E-state index contributed by atoms with van der Waals surface area (Å²) >= 11 is 0. The number of piperidine rings is 1. The van der Waals surface area contributed by atoms with Gasteiger partial charge in [-0.1, -0.05) is 18.9 Å². The maximum Gasteiger partial charge on any atom is 0.272 e. The lowest BCUT2D eigenvalue weighted by atomic mass is 9.77. The molecule has 1 spiro atoms. The topological polar surface area (TPSA) is 71.2 Å². The standard InChI is InChI=1S/C15H22N4O/c16-18-13-5-3-4-12(17-13)14(20)19-10-8-15(9-11-19)6-1-2-7-15/h3-5H,1-2,6-11,16H2,(H,17,18). The summed E-state index contributed by atoms with van der Waals surface area (Å²) in [5, 5.41) is 0. The highest BCUT2D eigenvalue weighted by Crippen LogP contribution is 2.46. The minimum Gasteiger partial charge on any atom is -0.337 e. The molecule has 0 radical (unpaired) electrons. The number of carbonyl (C=O) groups excluding carboxylic acids is 1. The van der Waals surface area contributed by atoms with E-state index in [4.69, 9.17) is 5.84 Å². The Labute approximate surface area is 119 Å². The summed E-state index contributed by atoms with van der Waals surface area (Å²) in [6, 6.07) is 5.31. The molecule has 1 amide bonds. The molecule has 0 unspecified atom stereocenters. The number of amides is 1. The maximum atomic E-state index is 12.5. The SMILES string of the molecule is NNc1cccc(C(=O)N2CCC3(CCCC3)CC2)n1. The van der Waals surface area contributed by atoms with E-state index < -0.39 is 0 Å². The number of likely N-dealkylation sites (tertiary alicyclic amines) is 1. The summed E-state index contributed by atoms with van der Waals surface area (Å²) in [5.74, 6) is 5.89. The molecule has 1 aromatic rings. The maximum absolute atomic E-state index is 12.5. The number of anilines is 1. The van der Waals surface area contributed by atoms with Crippen molar-refractivity contribution in [3.8, 4) is 0 Å². The number of nitrogens with zero attached hydrogens (tertiary/aromatic N) is 2. The second-order valence-corrected chi connectivity index (χ2v) is 6.05. The van der Waals surface area contributed by atoms with E-state index in [-0.39, 0.29) is 5.91 Å². The summed E-state index contributed by atoms with van der Waals surface area (Å²) in [6.45, 7) is 1.72. The largest absolute Gasteiger partial charge is 0.337 e. The molecule has 0 bridgehead atoms. The molecule has 3 rings (SSSR count). The van der Waals surface area contributed by atoms with Crippen molar-refractivity contribution >= 4 is 11.7 Å². The van der Waals surface area contributed by atoms with Crippen LogP contribution in [0, 0.1) is 5.41 Å². The molecule has 0 atom stereocenters. The summed E-state index contributed by atoms with van der Waals surface area (Å²) in [7, 11) is 0. The molecule has 1 saturated heterocycles. The molecule has 2 aliphatic rings. The Morgan fingerprint density at radius 3 is 2.55 bits per heavy atom. The molecule has 2 heterocycles. The Balaban J connectivity index is 1.66. The fourth-order valence-corrected chi connectivity index (χ4v) is 3.61. The lowest BCUT2D eigenvalue weighted by molar-refractivity contribution is 0.0582. The Morgan fingerprint density at radius 1 is 1.20 bits per heavy atom. The second-order valence-electron chi connectivity index (χ2n) is 6.05. The number of nitrogens with two attached hydrogens (primary N) is 1. The first kappa shape index (κ1) is 13.4. The summed E-state index contributed by atoms with van der Waals surface area (Å²) in [5.41, 5.74) is 3.49. The van der Waals surface area contributed by atoms with Crippen LogP contribution in [0.4, 0.5) is 5.82 Å². The van der Waals surface area contributed by atoms with E-state index in [2.05, 4.69) is 10.4 Å². The molecule has 5 nitrogen and oxygen atoms in total. The van der Waals surface area contributed by atoms with Crippen molar-refractivity contribution in [1.29, 1.82) is 0 Å².